The summed E-state index contributed by atoms with van der Waals surface area (Å²) in [5, 5.41) is 7.58. The van der Waals surface area contributed by atoms with Gasteiger partial charge in [-0.2, -0.15) is 0 Å². The van der Waals surface area contributed by atoms with Crippen LogP contribution in [-0.2, 0) is 0 Å². The number of rotatable bonds is 5. The van der Waals surface area contributed by atoms with E-state index in [1.807, 2.05) is 17.0 Å². The van der Waals surface area contributed by atoms with E-state index in [0.717, 1.165) is 44.0 Å². The van der Waals surface area contributed by atoms with E-state index in [9.17, 15) is 4.79 Å². The molecule has 3 heterocycles. The number of hydrogen-bond donors (Lipinski definition) is 1. The lowest BCUT2D eigenvalue weighted by molar-refractivity contribution is 0.0694. The van der Waals surface area contributed by atoms with Crippen molar-refractivity contribution in [1.82, 2.24) is 20.4 Å². The zero-order chi connectivity index (χ0) is 16.4. The summed E-state index contributed by atoms with van der Waals surface area (Å²) in [6.45, 7) is 2.69. The molecule has 2 aromatic heterocycles. The lowest BCUT2D eigenvalue weighted by Gasteiger charge is -2.32. The lowest BCUT2D eigenvalue weighted by Crippen LogP contribution is -2.45. The van der Waals surface area contributed by atoms with Gasteiger partial charge < -0.3 is 14.7 Å². The van der Waals surface area contributed by atoms with E-state index in [0.29, 0.717) is 17.5 Å². The van der Waals surface area contributed by atoms with Crippen molar-refractivity contribution >= 4 is 30.7 Å². The molecule has 1 N–H and O–H groups in total. The van der Waals surface area contributed by atoms with Gasteiger partial charge in [0.15, 0.2) is 11.5 Å². The molecular formula is C18H24Cl2N4O2. The fourth-order valence-electron chi connectivity index (χ4n) is 3.13. The average molecular weight is 399 g/mol. The molecule has 1 aliphatic heterocycles. The van der Waals surface area contributed by atoms with Crippen LogP contribution >= 0.6 is 24.8 Å². The largest absolute Gasteiger partial charge is 0.355 e. The van der Waals surface area contributed by atoms with Crippen LogP contribution in [0.25, 0.3) is 11.3 Å². The Morgan fingerprint density at radius 2 is 1.85 bits per heavy atom. The van der Waals surface area contributed by atoms with Gasteiger partial charge in [-0.1, -0.05) is 5.16 Å². The number of carbonyl (C=O) groups is 1. The van der Waals surface area contributed by atoms with E-state index in [1.54, 1.807) is 18.5 Å². The molecule has 0 atom stereocenters. The maximum Gasteiger partial charge on any atom is 0.276 e. The molecule has 142 valence electrons. The van der Waals surface area contributed by atoms with Gasteiger partial charge >= 0.3 is 0 Å². The number of aromatic nitrogens is 2. The fraction of sp³-hybridized carbons (Fsp3) is 0.500. The minimum absolute atomic E-state index is 0. The minimum atomic E-state index is -0.0419. The van der Waals surface area contributed by atoms with E-state index in [-0.39, 0.29) is 30.7 Å². The SMILES string of the molecule is Cl.Cl.O=C(c1cc(-c2ccncc2)on1)N1CCC(NCC2CC2)CC1. The third kappa shape index (κ3) is 4.96. The summed E-state index contributed by atoms with van der Waals surface area (Å²) in [7, 11) is 0. The van der Waals surface area contributed by atoms with E-state index in [4.69, 9.17) is 4.52 Å². The van der Waals surface area contributed by atoms with Crippen LogP contribution in [-0.4, -0.2) is 46.6 Å². The number of amides is 1. The summed E-state index contributed by atoms with van der Waals surface area (Å²) in [5.74, 6) is 1.45. The summed E-state index contributed by atoms with van der Waals surface area (Å²) < 4.78 is 5.32. The van der Waals surface area contributed by atoms with Crippen molar-refractivity contribution in [2.24, 2.45) is 5.92 Å². The Hall–Kier alpha value is -1.63. The van der Waals surface area contributed by atoms with Crippen molar-refractivity contribution in [1.29, 1.82) is 0 Å². The molecule has 0 unspecified atom stereocenters. The van der Waals surface area contributed by atoms with Crippen LogP contribution in [0.4, 0.5) is 0 Å². The predicted molar refractivity (Wildman–Crippen MR) is 104 cm³/mol. The summed E-state index contributed by atoms with van der Waals surface area (Å²) in [4.78, 5) is 18.5. The van der Waals surface area contributed by atoms with Crippen LogP contribution in [0.2, 0.25) is 0 Å². The maximum atomic E-state index is 12.6. The summed E-state index contributed by atoms with van der Waals surface area (Å²) in [5.41, 5.74) is 1.26. The second-order valence-electron chi connectivity index (χ2n) is 6.73. The monoisotopic (exact) mass is 398 g/mol. The fourth-order valence-corrected chi connectivity index (χ4v) is 3.13. The molecule has 0 aromatic carbocycles. The number of piperidine rings is 1. The lowest BCUT2D eigenvalue weighted by atomic mass is 10.0. The number of pyridine rings is 1. The van der Waals surface area contributed by atoms with Crippen molar-refractivity contribution in [3.05, 3.63) is 36.3 Å². The molecule has 2 aliphatic rings. The van der Waals surface area contributed by atoms with Crippen molar-refractivity contribution in [3.8, 4) is 11.3 Å². The van der Waals surface area contributed by atoms with Crippen LogP contribution in [0.5, 0.6) is 0 Å². The topological polar surface area (TPSA) is 71.3 Å². The van der Waals surface area contributed by atoms with E-state index >= 15 is 0 Å². The third-order valence-electron chi connectivity index (χ3n) is 4.87. The summed E-state index contributed by atoms with van der Waals surface area (Å²) in [6, 6.07) is 5.94. The number of nitrogens with zero attached hydrogens (tertiary/aromatic N) is 3. The standard InChI is InChI=1S/C18H22N4O2.2ClH/c23-18(16-11-17(24-21-16)14-3-7-19-8-4-14)22-9-5-15(6-10-22)20-12-13-1-2-13;;/h3-4,7-8,11,13,15,20H,1-2,5-6,9-10,12H2;2*1H. The Morgan fingerprint density at radius 1 is 1.15 bits per heavy atom. The average Bonchev–Trinajstić information content (AvgIpc) is 3.34. The molecule has 26 heavy (non-hydrogen) atoms. The molecule has 6 nitrogen and oxygen atoms in total. The Morgan fingerprint density at radius 3 is 2.50 bits per heavy atom. The van der Waals surface area contributed by atoms with Crippen LogP contribution in [0.1, 0.15) is 36.2 Å². The molecule has 1 saturated heterocycles. The van der Waals surface area contributed by atoms with Crippen LogP contribution in [0.3, 0.4) is 0 Å². The van der Waals surface area contributed by atoms with E-state index < -0.39 is 0 Å². The van der Waals surface area contributed by atoms with E-state index in [1.165, 1.54) is 12.8 Å². The molecule has 8 heteroatoms. The maximum absolute atomic E-state index is 12.6. The predicted octanol–water partition coefficient (Wildman–Crippen LogP) is 3.18. The van der Waals surface area contributed by atoms with Gasteiger partial charge in [0.05, 0.1) is 0 Å². The van der Waals surface area contributed by atoms with Crippen LogP contribution in [0.15, 0.2) is 35.1 Å². The van der Waals surface area contributed by atoms with Gasteiger partial charge in [-0.05, 0) is 50.3 Å². The number of likely N-dealkylation sites (tertiary alicyclic amines) is 1. The molecule has 4 rings (SSSR count). The first-order valence-corrected chi connectivity index (χ1v) is 8.69. The van der Waals surface area contributed by atoms with Gasteiger partial charge in [0.25, 0.3) is 5.91 Å². The number of nitrogens with one attached hydrogen (secondary N) is 1. The van der Waals surface area contributed by atoms with Gasteiger partial charge in [0.2, 0.25) is 0 Å². The smallest absolute Gasteiger partial charge is 0.276 e. The first-order chi connectivity index (χ1) is 11.8. The van der Waals surface area contributed by atoms with Crippen molar-refractivity contribution in [3.63, 3.8) is 0 Å². The van der Waals surface area contributed by atoms with Gasteiger partial charge in [-0.3, -0.25) is 9.78 Å². The zero-order valence-corrected chi connectivity index (χ0v) is 16.1. The van der Waals surface area contributed by atoms with Crippen LogP contribution < -0.4 is 5.32 Å². The molecule has 1 amide bonds. The number of halogens is 2. The second-order valence-corrected chi connectivity index (χ2v) is 6.73. The normalized spacial score (nSPS) is 17.3. The highest BCUT2D eigenvalue weighted by molar-refractivity contribution is 5.93. The Balaban J connectivity index is 0.00000121. The molecule has 0 spiro atoms. The van der Waals surface area contributed by atoms with Gasteiger partial charge in [-0.25, -0.2) is 0 Å². The summed E-state index contributed by atoms with van der Waals surface area (Å²) in [6.07, 6.45) is 8.14. The highest BCUT2D eigenvalue weighted by atomic mass is 35.5. The first kappa shape index (κ1) is 20.7. The molecule has 0 radical (unpaired) electrons. The van der Waals surface area contributed by atoms with E-state index in [2.05, 4.69) is 15.5 Å². The van der Waals surface area contributed by atoms with Gasteiger partial charge in [-0.15, -0.1) is 24.8 Å². The van der Waals surface area contributed by atoms with Crippen LogP contribution in [0, 0.1) is 5.92 Å². The van der Waals surface area contributed by atoms with Gasteiger partial charge in [0, 0.05) is 43.2 Å². The Kier molecular flexibility index (Phi) is 7.43. The quantitative estimate of drug-likeness (QED) is 0.836. The van der Waals surface area contributed by atoms with Gasteiger partial charge in [0.1, 0.15) is 0 Å². The highest BCUT2D eigenvalue weighted by Gasteiger charge is 2.27. The Bertz CT molecular complexity index is 698. The first-order valence-electron chi connectivity index (χ1n) is 8.69. The third-order valence-corrected chi connectivity index (χ3v) is 4.87. The molecule has 2 fully saturated rings. The van der Waals surface area contributed by atoms with Crippen molar-refractivity contribution < 1.29 is 9.32 Å². The highest BCUT2D eigenvalue weighted by Crippen LogP contribution is 2.28. The summed E-state index contributed by atoms with van der Waals surface area (Å²) >= 11 is 0. The van der Waals surface area contributed by atoms with Crippen molar-refractivity contribution in [2.75, 3.05) is 19.6 Å². The molecule has 1 aliphatic carbocycles. The second kappa shape index (κ2) is 9.35. The zero-order valence-electron chi connectivity index (χ0n) is 14.5. The number of hydrogen-bond acceptors (Lipinski definition) is 5. The Labute approximate surface area is 165 Å². The molecular weight excluding hydrogens is 375 g/mol. The molecule has 2 aromatic rings. The van der Waals surface area contributed by atoms with Crippen molar-refractivity contribution in [2.45, 2.75) is 31.7 Å². The minimum Gasteiger partial charge on any atom is -0.355 e. The molecule has 0 bridgehead atoms. The molecule has 1 saturated carbocycles. The number of carbonyl (C=O) groups excluding carboxylic acids is 1.